The number of nitrogens with zero attached hydrogens (tertiary/aromatic N) is 1. The molecule has 1 N–H and O–H groups in total. The Hall–Kier alpha value is -1.02. The van der Waals surface area contributed by atoms with Crippen LogP contribution in [0.4, 0.5) is 5.69 Å². The second-order valence-electron chi connectivity index (χ2n) is 6.21. The van der Waals surface area contributed by atoms with Gasteiger partial charge in [-0.05, 0) is 30.9 Å². The predicted molar refractivity (Wildman–Crippen MR) is 81.9 cm³/mol. The monoisotopic (exact) mass is 258 g/mol. The van der Waals surface area contributed by atoms with E-state index in [4.69, 9.17) is 0 Å². The van der Waals surface area contributed by atoms with Gasteiger partial charge in [0.2, 0.25) is 0 Å². The number of nitrogens with one attached hydrogen (secondary N) is 1. The minimum absolute atomic E-state index is 0.414. The molecule has 1 aliphatic carbocycles. The Morgan fingerprint density at radius 3 is 2.79 bits per heavy atom. The van der Waals surface area contributed by atoms with E-state index in [-0.39, 0.29) is 0 Å². The molecule has 2 aliphatic rings. The highest BCUT2D eigenvalue weighted by molar-refractivity contribution is 5.54. The van der Waals surface area contributed by atoms with E-state index in [2.05, 4.69) is 41.4 Å². The number of hydrogen-bond donors (Lipinski definition) is 1. The number of para-hydroxylation sites is 1. The number of rotatable bonds is 3. The van der Waals surface area contributed by atoms with Gasteiger partial charge in [-0.1, -0.05) is 44.4 Å². The fourth-order valence-electron chi connectivity index (χ4n) is 3.85. The molecule has 1 aromatic rings. The number of hydrogen-bond acceptors (Lipinski definition) is 2. The Morgan fingerprint density at radius 1 is 1.21 bits per heavy atom. The van der Waals surface area contributed by atoms with Crippen LogP contribution in [0.15, 0.2) is 24.3 Å². The maximum absolute atomic E-state index is 3.80. The molecule has 1 aromatic carbocycles. The Morgan fingerprint density at radius 2 is 2.00 bits per heavy atom. The lowest BCUT2D eigenvalue weighted by molar-refractivity contribution is 0.303. The SMILES string of the molecule is CCCc1ccccc1N1CCNC2(CCCC2)C1. The number of benzene rings is 1. The summed E-state index contributed by atoms with van der Waals surface area (Å²) in [5.74, 6) is 0. The van der Waals surface area contributed by atoms with Crippen molar-refractivity contribution in [2.75, 3.05) is 24.5 Å². The summed E-state index contributed by atoms with van der Waals surface area (Å²) in [6.07, 6.45) is 7.95. The summed E-state index contributed by atoms with van der Waals surface area (Å²) in [7, 11) is 0. The Bertz CT molecular complexity index is 421. The average Bonchev–Trinajstić information content (AvgIpc) is 2.88. The molecule has 0 radical (unpaired) electrons. The highest BCUT2D eigenvalue weighted by atomic mass is 15.2. The zero-order chi connectivity index (χ0) is 13.1. The van der Waals surface area contributed by atoms with Gasteiger partial charge in [-0.2, -0.15) is 0 Å². The molecule has 0 bridgehead atoms. The van der Waals surface area contributed by atoms with Gasteiger partial charge in [0.05, 0.1) is 0 Å². The van der Waals surface area contributed by atoms with Crippen LogP contribution in [0.25, 0.3) is 0 Å². The van der Waals surface area contributed by atoms with Gasteiger partial charge in [-0.25, -0.2) is 0 Å². The third-order valence-electron chi connectivity index (χ3n) is 4.79. The molecule has 1 saturated carbocycles. The number of piperazine rings is 1. The van der Waals surface area contributed by atoms with Gasteiger partial charge in [0.15, 0.2) is 0 Å². The topological polar surface area (TPSA) is 15.3 Å². The highest BCUT2D eigenvalue weighted by Gasteiger charge is 2.37. The van der Waals surface area contributed by atoms with Crippen molar-refractivity contribution in [1.82, 2.24) is 5.32 Å². The van der Waals surface area contributed by atoms with Gasteiger partial charge in [0.25, 0.3) is 0 Å². The number of aryl methyl sites for hydroxylation is 1. The van der Waals surface area contributed by atoms with Crippen LogP contribution >= 0.6 is 0 Å². The zero-order valence-corrected chi connectivity index (χ0v) is 12.1. The van der Waals surface area contributed by atoms with E-state index in [1.165, 1.54) is 56.3 Å². The van der Waals surface area contributed by atoms with Gasteiger partial charge >= 0.3 is 0 Å². The third-order valence-corrected chi connectivity index (χ3v) is 4.79. The molecular formula is C17H26N2. The minimum Gasteiger partial charge on any atom is -0.368 e. The molecule has 3 rings (SSSR count). The summed E-state index contributed by atoms with van der Waals surface area (Å²) in [6, 6.07) is 9.00. The molecule has 2 nitrogen and oxygen atoms in total. The van der Waals surface area contributed by atoms with E-state index >= 15 is 0 Å². The van der Waals surface area contributed by atoms with Crippen molar-refractivity contribution in [3.05, 3.63) is 29.8 Å². The van der Waals surface area contributed by atoms with Crippen LogP contribution in [0.2, 0.25) is 0 Å². The first-order chi connectivity index (χ1) is 9.33. The summed E-state index contributed by atoms with van der Waals surface area (Å²) in [4.78, 5) is 2.63. The van der Waals surface area contributed by atoms with Gasteiger partial charge in [-0.15, -0.1) is 0 Å². The van der Waals surface area contributed by atoms with Crippen LogP contribution in [0.5, 0.6) is 0 Å². The van der Waals surface area contributed by atoms with Crippen molar-refractivity contribution in [3.8, 4) is 0 Å². The van der Waals surface area contributed by atoms with E-state index in [0.717, 1.165) is 13.1 Å². The molecule has 1 saturated heterocycles. The molecule has 0 atom stereocenters. The van der Waals surface area contributed by atoms with Crippen LogP contribution < -0.4 is 10.2 Å². The molecular weight excluding hydrogens is 232 g/mol. The van der Waals surface area contributed by atoms with Crippen molar-refractivity contribution < 1.29 is 0 Å². The first-order valence-corrected chi connectivity index (χ1v) is 7.91. The maximum Gasteiger partial charge on any atom is 0.0399 e. The highest BCUT2D eigenvalue weighted by Crippen LogP contribution is 2.34. The smallest absolute Gasteiger partial charge is 0.0399 e. The molecule has 2 heteroatoms. The van der Waals surface area contributed by atoms with E-state index in [9.17, 15) is 0 Å². The van der Waals surface area contributed by atoms with Crippen LogP contribution in [0.1, 0.15) is 44.6 Å². The maximum atomic E-state index is 3.80. The van der Waals surface area contributed by atoms with E-state index in [0.29, 0.717) is 5.54 Å². The van der Waals surface area contributed by atoms with Crippen molar-refractivity contribution >= 4 is 5.69 Å². The summed E-state index contributed by atoms with van der Waals surface area (Å²) in [5, 5.41) is 3.80. The first-order valence-electron chi connectivity index (χ1n) is 7.91. The van der Waals surface area contributed by atoms with Crippen LogP contribution in [-0.2, 0) is 6.42 Å². The van der Waals surface area contributed by atoms with E-state index in [1.807, 2.05) is 0 Å². The Kier molecular flexibility index (Phi) is 3.79. The van der Waals surface area contributed by atoms with Crippen LogP contribution in [0.3, 0.4) is 0 Å². The molecule has 2 fully saturated rings. The van der Waals surface area contributed by atoms with Crippen molar-refractivity contribution in [3.63, 3.8) is 0 Å². The lowest BCUT2D eigenvalue weighted by atomic mass is 9.93. The first kappa shape index (κ1) is 13.0. The average molecular weight is 258 g/mol. The molecule has 0 amide bonds. The van der Waals surface area contributed by atoms with Gasteiger partial charge in [-0.3, -0.25) is 0 Å². The molecule has 1 spiro atoms. The van der Waals surface area contributed by atoms with Crippen LogP contribution in [-0.4, -0.2) is 25.2 Å². The quantitative estimate of drug-likeness (QED) is 0.894. The second kappa shape index (κ2) is 5.54. The fourth-order valence-corrected chi connectivity index (χ4v) is 3.85. The van der Waals surface area contributed by atoms with Crippen molar-refractivity contribution in [2.45, 2.75) is 51.0 Å². The van der Waals surface area contributed by atoms with E-state index in [1.54, 1.807) is 0 Å². The molecule has 1 heterocycles. The Balaban J connectivity index is 1.81. The van der Waals surface area contributed by atoms with Gasteiger partial charge in [0, 0.05) is 30.9 Å². The lowest BCUT2D eigenvalue weighted by Gasteiger charge is -2.43. The van der Waals surface area contributed by atoms with Gasteiger partial charge < -0.3 is 10.2 Å². The molecule has 1 aliphatic heterocycles. The summed E-state index contributed by atoms with van der Waals surface area (Å²) < 4.78 is 0. The van der Waals surface area contributed by atoms with E-state index < -0.39 is 0 Å². The van der Waals surface area contributed by atoms with Crippen molar-refractivity contribution in [1.29, 1.82) is 0 Å². The van der Waals surface area contributed by atoms with Crippen molar-refractivity contribution in [2.24, 2.45) is 0 Å². The lowest BCUT2D eigenvalue weighted by Crippen LogP contribution is -2.59. The summed E-state index contributed by atoms with van der Waals surface area (Å²) >= 11 is 0. The fraction of sp³-hybridized carbons (Fsp3) is 0.647. The zero-order valence-electron chi connectivity index (χ0n) is 12.1. The third kappa shape index (κ3) is 2.64. The van der Waals surface area contributed by atoms with Gasteiger partial charge in [0.1, 0.15) is 0 Å². The molecule has 0 unspecified atom stereocenters. The largest absolute Gasteiger partial charge is 0.368 e. The molecule has 0 aromatic heterocycles. The minimum atomic E-state index is 0.414. The molecule has 104 valence electrons. The Labute approximate surface area is 117 Å². The van der Waals surface area contributed by atoms with Crippen LogP contribution in [0, 0.1) is 0 Å². The molecule has 19 heavy (non-hydrogen) atoms. The summed E-state index contributed by atoms with van der Waals surface area (Å²) in [5.41, 5.74) is 3.43. The number of anilines is 1. The summed E-state index contributed by atoms with van der Waals surface area (Å²) in [6.45, 7) is 5.77. The normalized spacial score (nSPS) is 22.1. The predicted octanol–water partition coefficient (Wildman–Crippen LogP) is 3.36. The second-order valence-corrected chi connectivity index (χ2v) is 6.21. The standard InChI is InChI=1S/C17H26N2/c1-2-7-15-8-3-4-9-16(15)19-13-12-18-17(14-19)10-5-6-11-17/h3-4,8-9,18H,2,5-7,10-14H2,1H3.